The van der Waals surface area contributed by atoms with Crippen molar-refractivity contribution in [3.63, 3.8) is 0 Å². The van der Waals surface area contributed by atoms with Crippen LogP contribution in [0.15, 0.2) is 70.6 Å². The lowest BCUT2D eigenvalue weighted by atomic mass is 10.0. The van der Waals surface area contributed by atoms with E-state index in [1.165, 1.54) is 18.0 Å². The molecule has 0 bridgehead atoms. The number of halogens is 1. The third-order valence-corrected chi connectivity index (χ3v) is 7.41. The standard InChI is InChI=1S/C30H29FN4O2S/c1-4-6-10-25-26(35(5-2)22-9-7-8-20(17-22)18-32)27(36)28(30(37)34-25)38-23-13-11-21(12-14-23)24-15-16-33-29(31)19(24)3/h7-9,11-17H,4-6,10H2,1-3H3,(H2,34,36,37). The maximum Gasteiger partial charge on any atom is 0.229 e. The third kappa shape index (κ3) is 5.58. The number of hydrogen-bond acceptors (Lipinski definition) is 7. The molecule has 2 aromatic heterocycles. The van der Waals surface area contributed by atoms with Gasteiger partial charge < -0.3 is 15.1 Å². The molecule has 0 aliphatic heterocycles. The Hall–Kier alpha value is -4.09. The predicted molar refractivity (Wildman–Crippen MR) is 149 cm³/mol. The number of nitriles is 1. The lowest BCUT2D eigenvalue weighted by Crippen LogP contribution is -2.19. The van der Waals surface area contributed by atoms with Gasteiger partial charge in [0.1, 0.15) is 10.6 Å². The van der Waals surface area contributed by atoms with Crippen molar-refractivity contribution in [1.29, 1.82) is 5.26 Å². The summed E-state index contributed by atoms with van der Waals surface area (Å²) in [6, 6.07) is 18.6. The van der Waals surface area contributed by atoms with Crippen molar-refractivity contribution >= 4 is 23.1 Å². The van der Waals surface area contributed by atoms with E-state index in [1.807, 2.05) is 42.2 Å². The van der Waals surface area contributed by atoms with Gasteiger partial charge in [0, 0.05) is 28.9 Å². The number of aromatic hydroxyl groups is 2. The van der Waals surface area contributed by atoms with Gasteiger partial charge in [-0.15, -0.1) is 0 Å². The minimum atomic E-state index is -0.502. The van der Waals surface area contributed by atoms with Gasteiger partial charge in [-0.05, 0) is 74.2 Å². The Kier molecular flexibility index (Phi) is 8.49. The van der Waals surface area contributed by atoms with Crippen molar-refractivity contribution in [2.45, 2.75) is 49.8 Å². The molecule has 4 rings (SSSR count). The molecular weight excluding hydrogens is 499 g/mol. The summed E-state index contributed by atoms with van der Waals surface area (Å²) in [6.07, 6.45) is 3.80. The van der Waals surface area contributed by atoms with Crippen molar-refractivity contribution in [3.8, 4) is 28.8 Å². The summed E-state index contributed by atoms with van der Waals surface area (Å²) in [5, 5.41) is 31.8. The van der Waals surface area contributed by atoms with E-state index in [9.17, 15) is 19.9 Å². The first-order valence-electron chi connectivity index (χ1n) is 12.5. The predicted octanol–water partition coefficient (Wildman–Crippen LogP) is 7.53. The summed E-state index contributed by atoms with van der Waals surface area (Å²) in [5.41, 5.74) is 4.46. The SMILES string of the molecule is CCCCc1nc(O)c(Sc2ccc(-c3ccnc(F)c3C)cc2)c(O)c1N(CC)c1cccc(C#N)c1. The molecule has 0 saturated heterocycles. The molecule has 0 spiro atoms. The number of hydrogen-bond donors (Lipinski definition) is 2. The van der Waals surface area contributed by atoms with E-state index in [2.05, 4.69) is 23.0 Å². The monoisotopic (exact) mass is 528 g/mol. The van der Waals surface area contributed by atoms with Crippen LogP contribution < -0.4 is 4.90 Å². The number of aromatic nitrogens is 2. The van der Waals surface area contributed by atoms with E-state index in [4.69, 9.17) is 0 Å². The highest BCUT2D eigenvalue weighted by Gasteiger charge is 2.25. The minimum absolute atomic E-state index is 0.0612. The lowest BCUT2D eigenvalue weighted by Gasteiger charge is -2.27. The van der Waals surface area contributed by atoms with Crippen molar-refractivity contribution in [3.05, 3.63) is 83.6 Å². The van der Waals surface area contributed by atoms with E-state index < -0.39 is 5.95 Å². The molecule has 4 aromatic rings. The molecule has 2 aromatic carbocycles. The summed E-state index contributed by atoms with van der Waals surface area (Å²) in [7, 11) is 0. The maximum atomic E-state index is 13.9. The second-order valence-corrected chi connectivity index (χ2v) is 9.90. The average Bonchev–Trinajstić information content (AvgIpc) is 2.93. The average molecular weight is 529 g/mol. The molecule has 0 aliphatic rings. The summed E-state index contributed by atoms with van der Waals surface area (Å²) >= 11 is 1.20. The van der Waals surface area contributed by atoms with Crippen molar-refractivity contribution < 1.29 is 14.6 Å². The van der Waals surface area contributed by atoms with E-state index in [-0.39, 0.29) is 16.5 Å². The highest BCUT2D eigenvalue weighted by atomic mass is 32.2. The largest absolute Gasteiger partial charge is 0.504 e. The molecule has 0 fully saturated rings. The van der Waals surface area contributed by atoms with E-state index in [1.54, 1.807) is 31.2 Å². The van der Waals surface area contributed by atoms with Crippen LogP contribution in [0.3, 0.4) is 0 Å². The number of anilines is 2. The highest BCUT2D eigenvalue weighted by molar-refractivity contribution is 7.99. The Balaban J connectivity index is 1.75. The van der Waals surface area contributed by atoms with Gasteiger partial charge in [-0.1, -0.05) is 43.3 Å². The zero-order valence-corrected chi connectivity index (χ0v) is 22.4. The van der Waals surface area contributed by atoms with Gasteiger partial charge >= 0.3 is 0 Å². The van der Waals surface area contributed by atoms with Gasteiger partial charge in [-0.3, -0.25) is 0 Å². The first kappa shape index (κ1) is 27.0. The summed E-state index contributed by atoms with van der Waals surface area (Å²) in [5.74, 6) is -0.799. The second-order valence-electron chi connectivity index (χ2n) is 8.82. The zero-order chi connectivity index (χ0) is 27.2. The van der Waals surface area contributed by atoms with Crippen LogP contribution >= 0.6 is 11.8 Å². The Labute approximate surface area is 226 Å². The number of benzene rings is 2. The Bertz CT molecular complexity index is 1490. The van der Waals surface area contributed by atoms with Crippen LogP contribution in [-0.4, -0.2) is 26.7 Å². The van der Waals surface area contributed by atoms with Crippen LogP contribution in [0.25, 0.3) is 11.1 Å². The molecule has 194 valence electrons. The number of unbranched alkanes of at least 4 members (excludes halogenated alkanes) is 1. The fraction of sp³-hybridized carbons (Fsp3) is 0.233. The number of rotatable bonds is 9. The molecule has 0 unspecified atom stereocenters. The summed E-state index contributed by atoms with van der Waals surface area (Å²) in [6.45, 7) is 6.25. The third-order valence-electron chi connectivity index (χ3n) is 6.32. The van der Waals surface area contributed by atoms with Crippen molar-refractivity contribution in [1.82, 2.24) is 9.97 Å². The quantitative estimate of drug-likeness (QED) is 0.217. The molecule has 2 N–H and O–H groups in total. The molecule has 0 saturated carbocycles. The molecule has 0 amide bonds. The Morgan fingerprint density at radius 2 is 1.84 bits per heavy atom. The van der Waals surface area contributed by atoms with Crippen LogP contribution in [0.4, 0.5) is 15.8 Å². The fourth-order valence-electron chi connectivity index (χ4n) is 4.33. The Morgan fingerprint density at radius 3 is 2.53 bits per heavy atom. The number of pyridine rings is 2. The van der Waals surface area contributed by atoms with Crippen LogP contribution in [0.2, 0.25) is 0 Å². The van der Waals surface area contributed by atoms with Gasteiger partial charge in [0.15, 0.2) is 5.75 Å². The van der Waals surface area contributed by atoms with Gasteiger partial charge in [-0.2, -0.15) is 9.65 Å². The van der Waals surface area contributed by atoms with E-state index in [0.29, 0.717) is 35.5 Å². The normalized spacial score (nSPS) is 10.8. The first-order chi connectivity index (χ1) is 18.4. The molecule has 8 heteroatoms. The molecule has 0 atom stereocenters. The minimum Gasteiger partial charge on any atom is -0.504 e. The Morgan fingerprint density at radius 1 is 1.08 bits per heavy atom. The molecule has 38 heavy (non-hydrogen) atoms. The maximum absolute atomic E-state index is 13.9. The van der Waals surface area contributed by atoms with Crippen molar-refractivity contribution in [2.75, 3.05) is 11.4 Å². The summed E-state index contributed by atoms with van der Waals surface area (Å²) in [4.78, 5) is 11.1. The molecule has 0 radical (unpaired) electrons. The van der Waals surface area contributed by atoms with E-state index in [0.717, 1.165) is 34.6 Å². The highest BCUT2D eigenvalue weighted by Crippen LogP contribution is 2.48. The molecular formula is C30H29FN4O2S. The van der Waals surface area contributed by atoms with Gasteiger partial charge in [0.25, 0.3) is 0 Å². The van der Waals surface area contributed by atoms with E-state index >= 15 is 0 Å². The van der Waals surface area contributed by atoms with Gasteiger partial charge in [0.05, 0.1) is 17.3 Å². The fourth-order valence-corrected chi connectivity index (χ4v) is 5.17. The molecule has 0 aliphatic carbocycles. The molecule has 6 nitrogen and oxygen atoms in total. The second kappa shape index (κ2) is 12.0. The lowest BCUT2D eigenvalue weighted by molar-refractivity contribution is 0.409. The topological polar surface area (TPSA) is 93.3 Å². The van der Waals surface area contributed by atoms with Gasteiger partial charge in [0.2, 0.25) is 11.8 Å². The zero-order valence-electron chi connectivity index (χ0n) is 21.6. The number of nitrogens with zero attached hydrogens (tertiary/aromatic N) is 4. The van der Waals surface area contributed by atoms with Crippen LogP contribution in [0, 0.1) is 24.2 Å². The number of aryl methyl sites for hydroxylation is 1. The molecule has 2 heterocycles. The van der Waals surface area contributed by atoms with Crippen LogP contribution in [-0.2, 0) is 6.42 Å². The summed E-state index contributed by atoms with van der Waals surface area (Å²) < 4.78 is 13.9. The first-order valence-corrected chi connectivity index (χ1v) is 13.3. The van der Waals surface area contributed by atoms with Crippen LogP contribution in [0.5, 0.6) is 11.6 Å². The van der Waals surface area contributed by atoms with Crippen LogP contribution in [0.1, 0.15) is 43.5 Å². The smallest absolute Gasteiger partial charge is 0.229 e. The van der Waals surface area contributed by atoms with Crippen molar-refractivity contribution in [2.24, 2.45) is 0 Å². The van der Waals surface area contributed by atoms with Gasteiger partial charge in [-0.25, -0.2) is 9.97 Å².